The first-order valence-corrected chi connectivity index (χ1v) is 5.72. The highest BCUT2D eigenvalue weighted by Gasteiger charge is 2.16. The molecular weight excluding hydrogens is 248 g/mol. The van der Waals surface area contributed by atoms with Crippen molar-refractivity contribution in [2.24, 2.45) is 7.05 Å². The van der Waals surface area contributed by atoms with Crippen LogP contribution in [-0.2, 0) is 13.6 Å². The van der Waals surface area contributed by atoms with Crippen LogP contribution in [0.3, 0.4) is 0 Å². The van der Waals surface area contributed by atoms with Gasteiger partial charge in [0, 0.05) is 24.0 Å². The lowest BCUT2D eigenvalue weighted by atomic mass is 10.1. The molecule has 0 spiro atoms. The smallest absolute Gasteiger partial charge is 0.358 e. The Morgan fingerprint density at radius 3 is 2.63 bits per heavy atom. The Labute approximate surface area is 109 Å². The zero-order valence-electron chi connectivity index (χ0n) is 11.0. The fraction of sp³-hybridized carbons (Fsp3) is 0.333. The number of nitro groups is 1. The van der Waals surface area contributed by atoms with Crippen molar-refractivity contribution in [3.05, 3.63) is 45.7 Å². The van der Waals surface area contributed by atoms with Crippen LogP contribution in [0.25, 0.3) is 0 Å². The minimum atomic E-state index is -0.584. The summed E-state index contributed by atoms with van der Waals surface area (Å²) in [6.07, 6.45) is 2.55. The fourth-order valence-electron chi connectivity index (χ4n) is 1.92. The van der Waals surface area contributed by atoms with Crippen molar-refractivity contribution in [1.82, 2.24) is 14.1 Å². The molecule has 0 aliphatic heterocycles. The summed E-state index contributed by atoms with van der Waals surface area (Å²) in [5, 5.41) is 10.5. The summed E-state index contributed by atoms with van der Waals surface area (Å²) in [6.45, 7) is 3.84. The highest BCUT2D eigenvalue weighted by molar-refractivity contribution is 5.97. The maximum Gasteiger partial charge on any atom is 0.381 e. The summed E-state index contributed by atoms with van der Waals surface area (Å²) in [5.74, 6) is -0.345. The van der Waals surface area contributed by atoms with Crippen LogP contribution in [0.2, 0.25) is 0 Å². The van der Waals surface area contributed by atoms with Gasteiger partial charge in [-0.3, -0.25) is 4.79 Å². The van der Waals surface area contributed by atoms with Gasteiger partial charge >= 0.3 is 5.82 Å². The monoisotopic (exact) mass is 262 g/mol. The molecule has 100 valence electrons. The molecule has 0 radical (unpaired) electrons. The molecule has 0 amide bonds. The number of hydrogen-bond acceptors (Lipinski definition) is 4. The molecule has 2 rings (SSSR count). The zero-order valence-corrected chi connectivity index (χ0v) is 11.0. The third-order valence-electron chi connectivity index (χ3n) is 3.21. The lowest BCUT2D eigenvalue weighted by Crippen LogP contribution is -2.10. The van der Waals surface area contributed by atoms with Crippen molar-refractivity contribution < 1.29 is 9.72 Å². The number of nitrogens with zero attached hydrogens (tertiary/aromatic N) is 4. The maximum absolute atomic E-state index is 12.1. The summed E-state index contributed by atoms with van der Waals surface area (Å²) in [6, 6.07) is 1.82. The lowest BCUT2D eigenvalue weighted by molar-refractivity contribution is -0.389. The van der Waals surface area contributed by atoms with Gasteiger partial charge in [-0.2, -0.15) is 0 Å². The normalized spacial score (nSPS) is 10.7. The van der Waals surface area contributed by atoms with Gasteiger partial charge in [-0.05, 0) is 29.8 Å². The van der Waals surface area contributed by atoms with Gasteiger partial charge in [-0.25, -0.2) is 0 Å². The molecule has 0 aliphatic carbocycles. The Balaban J connectivity index is 2.20. The van der Waals surface area contributed by atoms with Crippen molar-refractivity contribution in [1.29, 1.82) is 0 Å². The van der Waals surface area contributed by atoms with Gasteiger partial charge in [-0.15, -0.1) is 0 Å². The van der Waals surface area contributed by atoms with Crippen LogP contribution in [0.5, 0.6) is 0 Å². The second kappa shape index (κ2) is 4.68. The first-order chi connectivity index (χ1) is 8.90. The van der Waals surface area contributed by atoms with Crippen LogP contribution in [0.15, 0.2) is 18.6 Å². The molecule has 19 heavy (non-hydrogen) atoms. The number of carbonyl (C=O) groups is 1. The Morgan fingerprint density at radius 1 is 1.47 bits per heavy atom. The quantitative estimate of drug-likeness (QED) is 0.476. The molecule has 2 aromatic heterocycles. The zero-order chi connectivity index (χ0) is 14.2. The molecule has 0 saturated heterocycles. The molecule has 0 N–H and O–H groups in total. The number of imidazole rings is 1. The van der Waals surface area contributed by atoms with Crippen molar-refractivity contribution in [2.75, 3.05) is 0 Å². The number of rotatable bonds is 4. The SMILES string of the molecule is Cc1cc(C(=O)Cn2cnc([N+](=O)[O-])c2)c(C)n1C. The summed E-state index contributed by atoms with van der Waals surface area (Å²) in [5.41, 5.74) is 2.52. The van der Waals surface area contributed by atoms with E-state index in [9.17, 15) is 14.9 Å². The molecule has 2 aromatic rings. The van der Waals surface area contributed by atoms with Gasteiger partial charge in [0.1, 0.15) is 6.20 Å². The summed E-state index contributed by atoms with van der Waals surface area (Å²) in [4.78, 5) is 25.7. The van der Waals surface area contributed by atoms with E-state index in [4.69, 9.17) is 0 Å². The topological polar surface area (TPSA) is 83.0 Å². The van der Waals surface area contributed by atoms with Crippen LogP contribution in [-0.4, -0.2) is 24.8 Å². The van der Waals surface area contributed by atoms with Crippen molar-refractivity contribution in [3.8, 4) is 0 Å². The lowest BCUT2D eigenvalue weighted by Gasteiger charge is -2.02. The molecule has 2 heterocycles. The summed E-state index contributed by atoms with van der Waals surface area (Å²) < 4.78 is 3.35. The molecule has 0 saturated carbocycles. The van der Waals surface area contributed by atoms with E-state index in [1.54, 1.807) is 0 Å². The third-order valence-corrected chi connectivity index (χ3v) is 3.21. The predicted octanol–water partition coefficient (Wildman–Crippen LogP) is 1.63. The molecule has 0 bridgehead atoms. The number of ketones is 1. The number of carbonyl (C=O) groups excluding carboxylic acids is 1. The van der Waals surface area contributed by atoms with E-state index in [2.05, 4.69) is 4.98 Å². The molecule has 7 nitrogen and oxygen atoms in total. The molecule has 0 aromatic carbocycles. The van der Waals surface area contributed by atoms with E-state index in [0.717, 1.165) is 11.4 Å². The van der Waals surface area contributed by atoms with Crippen LogP contribution in [0, 0.1) is 24.0 Å². The minimum Gasteiger partial charge on any atom is -0.358 e. The minimum absolute atomic E-state index is 0.0468. The molecule has 0 fully saturated rings. The van der Waals surface area contributed by atoms with E-state index >= 15 is 0 Å². The predicted molar refractivity (Wildman–Crippen MR) is 68.1 cm³/mol. The van der Waals surface area contributed by atoms with Crippen LogP contribution in [0.4, 0.5) is 5.82 Å². The largest absolute Gasteiger partial charge is 0.381 e. The van der Waals surface area contributed by atoms with E-state index in [-0.39, 0.29) is 18.1 Å². The van der Waals surface area contributed by atoms with Gasteiger partial charge in [0.2, 0.25) is 6.33 Å². The van der Waals surface area contributed by atoms with Gasteiger partial charge in [0.15, 0.2) is 5.78 Å². The van der Waals surface area contributed by atoms with Gasteiger partial charge in [0.05, 0.1) is 6.54 Å². The van der Waals surface area contributed by atoms with E-state index in [1.807, 2.05) is 31.5 Å². The number of aryl methyl sites for hydroxylation is 1. The number of hydrogen-bond donors (Lipinski definition) is 0. The van der Waals surface area contributed by atoms with Crippen LogP contribution < -0.4 is 0 Å². The Bertz CT molecular complexity index is 654. The second-order valence-corrected chi connectivity index (χ2v) is 4.43. The van der Waals surface area contributed by atoms with Crippen LogP contribution in [0.1, 0.15) is 21.7 Å². The Morgan fingerprint density at radius 2 is 2.16 bits per heavy atom. The third kappa shape index (κ3) is 2.40. The Hall–Kier alpha value is -2.44. The first kappa shape index (κ1) is 13.0. The first-order valence-electron chi connectivity index (χ1n) is 5.72. The van der Waals surface area contributed by atoms with Crippen LogP contribution >= 0.6 is 0 Å². The van der Waals surface area contributed by atoms with Gasteiger partial charge in [-0.1, -0.05) is 0 Å². The molecule has 0 atom stereocenters. The standard InChI is InChI=1S/C12H14N4O3/c1-8-4-10(9(2)14(8)3)11(17)5-15-6-12(13-7-15)16(18)19/h4,6-7H,5H2,1-3H3. The average molecular weight is 262 g/mol. The molecular formula is C12H14N4O3. The van der Waals surface area contributed by atoms with E-state index < -0.39 is 4.92 Å². The maximum atomic E-state index is 12.1. The van der Waals surface area contributed by atoms with Crippen molar-refractivity contribution in [2.45, 2.75) is 20.4 Å². The highest BCUT2D eigenvalue weighted by atomic mass is 16.6. The summed E-state index contributed by atoms with van der Waals surface area (Å²) >= 11 is 0. The van der Waals surface area contributed by atoms with Crippen molar-refractivity contribution >= 4 is 11.6 Å². The van der Waals surface area contributed by atoms with Crippen molar-refractivity contribution in [3.63, 3.8) is 0 Å². The second-order valence-electron chi connectivity index (χ2n) is 4.43. The van der Waals surface area contributed by atoms with Gasteiger partial charge in [0.25, 0.3) is 0 Å². The number of aromatic nitrogens is 3. The molecule has 0 unspecified atom stereocenters. The van der Waals surface area contributed by atoms with E-state index in [1.165, 1.54) is 17.1 Å². The number of Topliss-reactive ketones (excluding diaryl/α,β-unsaturated/α-hetero) is 1. The fourth-order valence-corrected chi connectivity index (χ4v) is 1.92. The molecule has 7 heteroatoms. The summed E-state index contributed by atoms with van der Waals surface area (Å²) in [7, 11) is 1.89. The van der Waals surface area contributed by atoms with E-state index in [0.29, 0.717) is 5.56 Å². The molecule has 0 aliphatic rings. The Kier molecular flexibility index (Phi) is 3.20. The average Bonchev–Trinajstić information content (AvgIpc) is 2.90. The van der Waals surface area contributed by atoms with Gasteiger partial charge < -0.3 is 19.2 Å². The highest BCUT2D eigenvalue weighted by Crippen LogP contribution is 2.15.